The number of alkyl halides is 1. The SMILES string of the molecule is Cc1cc2c(nc1N1CC[C@H](Oc3cccnc3)[C@H](F)C1)CNC2=O. The minimum Gasteiger partial charge on any atom is -0.486 e. The lowest BCUT2D eigenvalue weighted by atomic mass is 10.0. The molecule has 1 amide bonds. The van der Waals surface area contributed by atoms with Gasteiger partial charge in [0.15, 0.2) is 6.17 Å². The summed E-state index contributed by atoms with van der Waals surface area (Å²) in [5.74, 6) is 1.24. The standard InChI is InChI=1S/C18H19FN4O2/c1-11-7-13-15(9-21-18(13)24)22-17(11)23-6-4-16(14(19)10-23)25-12-3-2-5-20-8-12/h2-3,5,7-8,14,16H,4,6,9-10H2,1H3,(H,21,24)/t14-,16+/m1/s1. The lowest BCUT2D eigenvalue weighted by Gasteiger charge is -2.36. The third-order valence-corrected chi connectivity index (χ3v) is 4.63. The number of aryl methyl sites for hydroxylation is 1. The van der Waals surface area contributed by atoms with Gasteiger partial charge in [-0.2, -0.15) is 0 Å². The summed E-state index contributed by atoms with van der Waals surface area (Å²) in [6, 6.07) is 5.39. The molecule has 0 spiro atoms. The zero-order valence-electron chi connectivity index (χ0n) is 13.9. The third kappa shape index (κ3) is 3.01. The molecule has 25 heavy (non-hydrogen) atoms. The lowest BCUT2D eigenvalue weighted by Crippen LogP contribution is -2.47. The van der Waals surface area contributed by atoms with Crippen LogP contribution in [-0.2, 0) is 6.54 Å². The highest BCUT2D eigenvalue weighted by molar-refractivity contribution is 5.98. The molecule has 7 heteroatoms. The van der Waals surface area contributed by atoms with Crippen LogP contribution in [0.25, 0.3) is 0 Å². The number of rotatable bonds is 3. The second-order valence-electron chi connectivity index (χ2n) is 6.40. The highest BCUT2D eigenvalue weighted by atomic mass is 19.1. The normalized spacial score (nSPS) is 22.5. The summed E-state index contributed by atoms with van der Waals surface area (Å²) < 4.78 is 20.4. The number of carbonyl (C=O) groups is 1. The Morgan fingerprint density at radius 2 is 2.32 bits per heavy atom. The number of hydrogen-bond donors (Lipinski definition) is 1. The minimum absolute atomic E-state index is 0.0934. The van der Waals surface area contributed by atoms with Crippen molar-refractivity contribution in [1.82, 2.24) is 15.3 Å². The van der Waals surface area contributed by atoms with E-state index in [0.29, 0.717) is 30.8 Å². The molecule has 4 heterocycles. The Morgan fingerprint density at radius 3 is 3.08 bits per heavy atom. The van der Waals surface area contributed by atoms with Crippen molar-refractivity contribution in [2.45, 2.75) is 32.2 Å². The van der Waals surface area contributed by atoms with E-state index in [9.17, 15) is 9.18 Å². The zero-order chi connectivity index (χ0) is 17.4. The van der Waals surface area contributed by atoms with Gasteiger partial charge in [-0.15, -0.1) is 0 Å². The molecule has 2 aliphatic rings. The average molecular weight is 342 g/mol. The van der Waals surface area contributed by atoms with Crippen molar-refractivity contribution in [3.8, 4) is 5.75 Å². The van der Waals surface area contributed by atoms with E-state index >= 15 is 0 Å². The first kappa shape index (κ1) is 15.8. The molecule has 1 saturated heterocycles. The predicted octanol–water partition coefficient (Wildman–Crippen LogP) is 2.02. The van der Waals surface area contributed by atoms with Crippen LogP contribution in [0.2, 0.25) is 0 Å². The highest BCUT2D eigenvalue weighted by Crippen LogP contribution is 2.28. The molecule has 2 aromatic heterocycles. The van der Waals surface area contributed by atoms with Gasteiger partial charge in [-0.25, -0.2) is 9.37 Å². The number of anilines is 1. The third-order valence-electron chi connectivity index (χ3n) is 4.63. The van der Waals surface area contributed by atoms with E-state index < -0.39 is 12.3 Å². The van der Waals surface area contributed by atoms with Crippen LogP contribution in [0.15, 0.2) is 30.6 Å². The van der Waals surface area contributed by atoms with Gasteiger partial charge in [-0.1, -0.05) is 0 Å². The molecular formula is C18H19FN4O2. The van der Waals surface area contributed by atoms with Crippen LogP contribution < -0.4 is 15.0 Å². The smallest absolute Gasteiger partial charge is 0.253 e. The molecule has 6 nitrogen and oxygen atoms in total. The molecular weight excluding hydrogens is 323 g/mol. The quantitative estimate of drug-likeness (QED) is 0.924. The van der Waals surface area contributed by atoms with Gasteiger partial charge >= 0.3 is 0 Å². The lowest BCUT2D eigenvalue weighted by molar-refractivity contribution is 0.0815. The first-order chi connectivity index (χ1) is 12.1. The Kier molecular flexibility index (Phi) is 3.99. The van der Waals surface area contributed by atoms with E-state index in [1.807, 2.05) is 17.9 Å². The molecule has 0 radical (unpaired) electrons. The van der Waals surface area contributed by atoms with E-state index in [1.165, 1.54) is 0 Å². The van der Waals surface area contributed by atoms with Crippen LogP contribution in [0.5, 0.6) is 5.75 Å². The fraction of sp³-hybridized carbons (Fsp3) is 0.389. The van der Waals surface area contributed by atoms with Crippen LogP contribution in [0.1, 0.15) is 28.0 Å². The molecule has 2 atom stereocenters. The molecule has 0 bridgehead atoms. The largest absolute Gasteiger partial charge is 0.486 e. The van der Waals surface area contributed by atoms with Crippen molar-refractivity contribution >= 4 is 11.7 Å². The summed E-state index contributed by atoms with van der Waals surface area (Å²) in [4.78, 5) is 22.2. The topological polar surface area (TPSA) is 67.3 Å². The number of halogens is 1. The number of ether oxygens (including phenoxy) is 1. The number of fused-ring (bicyclic) bond motifs is 1. The van der Waals surface area contributed by atoms with Crippen molar-refractivity contribution in [1.29, 1.82) is 0 Å². The highest BCUT2D eigenvalue weighted by Gasteiger charge is 2.33. The first-order valence-electron chi connectivity index (χ1n) is 8.36. The predicted molar refractivity (Wildman–Crippen MR) is 90.5 cm³/mol. The van der Waals surface area contributed by atoms with E-state index in [2.05, 4.69) is 15.3 Å². The van der Waals surface area contributed by atoms with Crippen molar-refractivity contribution in [3.63, 3.8) is 0 Å². The fourth-order valence-corrected chi connectivity index (χ4v) is 3.35. The maximum Gasteiger partial charge on any atom is 0.253 e. The zero-order valence-corrected chi connectivity index (χ0v) is 13.9. The van der Waals surface area contributed by atoms with Crippen molar-refractivity contribution in [3.05, 3.63) is 47.4 Å². The summed E-state index contributed by atoms with van der Waals surface area (Å²) >= 11 is 0. The number of amides is 1. The maximum atomic E-state index is 14.7. The average Bonchev–Trinajstić information content (AvgIpc) is 2.97. The Bertz CT molecular complexity index is 799. The van der Waals surface area contributed by atoms with Gasteiger partial charge in [-0.05, 0) is 30.7 Å². The monoisotopic (exact) mass is 342 g/mol. The number of hydrogen-bond acceptors (Lipinski definition) is 5. The molecule has 1 N–H and O–H groups in total. The van der Waals surface area contributed by atoms with E-state index in [0.717, 1.165) is 17.1 Å². The number of piperidine rings is 1. The number of nitrogens with one attached hydrogen (secondary N) is 1. The van der Waals surface area contributed by atoms with Crippen LogP contribution >= 0.6 is 0 Å². The summed E-state index contributed by atoms with van der Waals surface area (Å²) in [6.07, 6.45) is 2.20. The second-order valence-corrected chi connectivity index (χ2v) is 6.40. The second kappa shape index (κ2) is 6.31. The summed E-state index contributed by atoms with van der Waals surface area (Å²) in [7, 11) is 0. The van der Waals surface area contributed by atoms with Gasteiger partial charge in [0.2, 0.25) is 0 Å². The molecule has 4 rings (SSSR count). The number of nitrogens with zero attached hydrogens (tertiary/aromatic N) is 3. The van der Waals surface area contributed by atoms with E-state index in [1.54, 1.807) is 24.5 Å². The Balaban J connectivity index is 1.49. The molecule has 2 aromatic rings. The molecule has 0 unspecified atom stereocenters. The molecule has 130 valence electrons. The first-order valence-corrected chi connectivity index (χ1v) is 8.36. The van der Waals surface area contributed by atoms with Crippen molar-refractivity contribution in [2.24, 2.45) is 0 Å². The van der Waals surface area contributed by atoms with Crippen LogP contribution in [-0.4, -0.2) is 41.2 Å². The Hall–Kier alpha value is -2.70. The van der Waals surface area contributed by atoms with Gasteiger partial charge in [-0.3, -0.25) is 9.78 Å². The molecule has 0 aromatic carbocycles. The molecule has 0 saturated carbocycles. The summed E-state index contributed by atoms with van der Waals surface area (Å²) in [5.41, 5.74) is 2.23. The summed E-state index contributed by atoms with van der Waals surface area (Å²) in [6.45, 7) is 3.21. The number of aromatic nitrogens is 2. The fourth-order valence-electron chi connectivity index (χ4n) is 3.35. The van der Waals surface area contributed by atoms with Crippen LogP contribution in [0.4, 0.5) is 10.2 Å². The number of carbonyl (C=O) groups excluding carboxylic acids is 1. The Morgan fingerprint density at radius 1 is 1.44 bits per heavy atom. The van der Waals surface area contributed by atoms with Gasteiger partial charge in [0.1, 0.15) is 17.7 Å². The van der Waals surface area contributed by atoms with Crippen LogP contribution in [0.3, 0.4) is 0 Å². The van der Waals surface area contributed by atoms with Crippen molar-refractivity contribution in [2.75, 3.05) is 18.0 Å². The van der Waals surface area contributed by atoms with Gasteiger partial charge < -0.3 is 15.0 Å². The number of pyridine rings is 2. The van der Waals surface area contributed by atoms with Gasteiger partial charge in [0.05, 0.1) is 30.5 Å². The van der Waals surface area contributed by atoms with Gasteiger partial charge in [0, 0.05) is 19.2 Å². The van der Waals surface area contributed by atoms with Gasteiger partial charge in [0.25, 0.3) is 5.91 Å². The molecule has 0 aliphatic carbocycles. The van der Waals surface area contributed by atoms with E-state index in [4.69, 9.17) is 4.74 Å². The molecule has 2 aliphatic heterocycles. The maximum absolute atomic E-state index is 14.7. The van der Waals surface area contributed by atoms with E-state index in [-0.39, 0.29) is 12.5 Å². The van der Waals surface area contributed by atoms with Crippen molar-refractivity contribution < 1.29 is 13.9 Å². The minimum atomic E-state index is -1.12. The Labute approximate surface area is 145 Å². The molecule has 1 fully saturated rings. The van der Waals surface area contributed by atoms with Crippen LogP contribution in [0, 0.1) is 6.92 Å². The summed E-state index contributed by atoms with van der Waals surface area (Å²) in [5, 5.41) is 2.77.